The second kappa shape index (κ2) is 7.23. The highest BCUT2D eigenvalue weighted by molar-refractivity contribution is 7.91. The van der Waals surface area contributed by atoms with Crippen LogP contribution in [0.2, 0.25) is 10.0 Å². The third kappa shape index (κ3) is 4.66. The Hall–Kier alpha value is -1.76. The van der Waals surface area contributed by atoms with Crippen LogP contribution in [0.4, 0.5) is 5.69 Å². The Kier molecular flexibility index (Phi) is 5.22. The number of nitrogens with one attached hydrogen (secondary N) is 1. The van der Waals surface area contributed by atoms with E-state index in [2.05, 4.69) is 5.32 Å². The summed E-state index contributed by atoms with van der Waals surface area (Å²) in [5.41, 5.74) is 0.386. The minimum absolute atomic E-state index is 0.0365. The van der Waals surface area contributed by atoms with E-state index in [4.69, 9.17) is 27.9 Å². The highest BCUT2D eigenvalue weighted by Gasteiger charge is 2.33. The lowest BCUT2D eigenvalue weighted by Gasteiger charge is -2.14. The Morgan fingerprint density at radius 1 is 1.08 bits per heavy atom. The predicted octanol–water partition coefficient (Wildman–Crippen LogP) is 4.16. The van der Waals surface area contributed by atoms with Gasteiger partial charge in [0.15, 0.2) is 15.6 Å². The molecule has 3 rings (SSSR count). The minimum Gasteiger partial charge on any atom is -0.455 e. The number of amides is 1. The van der Waals surface area contributed by atoms with Gasteiger partial charge in [0.1, 0.15) is 5.75 Å². The Balaban J connectivity index is 1.79. The highest BCUT2D eigenvalue weighted by Crippen LogP contribution is 2.33. The molecule has 0 bridgehead atoms. The van der Waals surface area contributed by atoms with Gasteiger partial charge < -0.3 is 10.1 Å². The summed E-state index contributed by atoms with van der Waals surface area (Å²) >= 11 is 11.9. The standard InChI is InChI=1S/C17H15Cl2NO4S/c18-12-1-4-14(5-2-12)24-16-6-3-13(19)9-15(16)20-17(21)11-7-8-25(22,23)10-11/h1-6,9,11H,7-8,10H2,(H,20,21)/t11-/m0/s1. The molecule has 25 heavy (non-hydrogen) atoms. The molecule has 1 atom stereocenters. The SMILES string of the molecule is O=C(Nc1cc(Cl)ccc1Oc1ccc(Cl)cc1)[C@H]1CCS(=O)(=O)C1. The van der Waals surface area contributed by atoms with Gasteiger partial charge >= 0.3 is 0 Å². The van der Waals surface area contributed by atoms with E-state index in [1.807, 2.05) is 0 Å². The van der Waals surface area contributed by atoms with E-state index in [0.717, 1.165) is 0 Å². The van der Waals surface area contributed by atoms with Crippen LogP contribution < -0.4 is 10.1 Å². The second-order valence-electron chi connectivity index (χ2n) is 5.79. The molecule has 1 aliphatic heterocycles. The molecule has 0 radical (unpaired) electrons. The normalized spacial score (nSPS) is 18.7. The van der Waals surface area contributed by atoms with Crippen molar-refractivity contribution in [3.63, 3.8) is 0 Å². The molecule has 0 saturated carbocycles. The van der Waals surface area contributed by atoms with Crippen LogP contribution in [0.25, 0.3) is 0 Å². The summed E-state index contributed by atoms with van der Waals surface area (Å²) in [5, 5.41) is 3.74. The van der Waals surface area contributed by atoms with E-state index >= 15 is 0 Å². The Morgan fingerprint density at radius 2 is 1.76 bits per heavy atom. The number of hydrogen-bond donors (Lipinski definition) is 1. The number of carbonyl (C=O) groups excluding carboxylic acids is 1. The highest BCUT2D eigenvalue weighted by atomic mass is 35.5. The molecule has 132 valence electrons. The first-order valence-corrected chi connectivity index (χ1v) is 10.1. The Labute approximate surface area is 155 Å². The molecule has 2 aromatic rings. The largest absolute Gasteiger partial charge is 0.455 e. The summed E-state index contributed by atoms with van der Waals surface area (Å²) in [6.45, 7) is 0. The van der Waals surface area contributed by atoms with Crippen molar-refractivity contribution >= 4 is 44.6 Å². The third-order valence-corrected chi connectivity index (χ3v) is 6.10. The molecule has 1 fully saturated rings. The van der Waals surface area contributed by atoms with Gasteiger partial charge in [0.05, 0.1) is 23.1 Å². The number of anilines is 1. The van der Waals surface area contributed by atoms with Gasteiger partial charge in [-0.15, -0.1) is 0 Å². The van der Waals surface area contributed by atoms with Crippen LogP contribution in [0.5, 0.6) is 11.5 Å². The van der Waals surface area contributed by atoms with Crippen molar-refractivity contribution in [2.75, 3.05) is 16.8 Å². The average molecular weight is 400 g/mol. The van der Waals surface area contributed by atoms with Gasteiger partial charge in [0.25, 0.3) is 0 Å². The molecule has 2 aromatic carbocycles. The van der Waals surface area contributed by atoms with Gasteiger partial charge in [-0.25, -0.2) is 8.42 Å². The number of rotatable bonds is 4. The zero-order valence-electron chi connectivity index (χ0n) is 13.0. The maximum atomic E-state index is 12.4. The van der Waals surface area contributed by atoms with Crippen molar-refractivity contribution in [3.8, 4) is 11.5 Å². The molecule has 8 heteroatoms. The van der Waals surface area contributed by atoms with Crippen LogP contribution in [0.15, 0.2) is 42.5 Å². The van der Waals surface area contributed by atoms with E-state index in [9.17, 15) is 13.2 Å². The van der Waals surface area contributed by atoms with E-state index < -0.39 is 15.8 Å². The lowest BCUT2D eigenvalue weighted by atomic mass is 10.1. The number of sulfone groups is 1. The van der Waals surface area contributed by atoms with Crippen LogP contribution >= 0.6 is 23.2 Å². The fraction of sp³-hybridized carbons (Fsp3) is 0.235. The summed E-state index contributed by atoms with van der Waals surface area (Å²) in [5.74, 6) is -0.0649. The van der Waals surface area contributed by atoms with Crippen molar-refractivity contribution < 1.29 is 17.9 Å². The number of halogens is 2. The molecule has 1 N–H and O–H groups in total. The lowest BCUT2D eigenvalue weighted by Crippen LogP contribution is -2.23. The Bertz CT molecular complexity index is 897. The summed E-state index contributed by atoms with van der Waals surface area (Å²) in [7, 11) is -3.13. The molecule has 1 saturated heterocycles. The fourth-order valence-electron chi connectivity index (χ4n) is 2.56. The number of ether oxygens (including phenoxy) is 1. The molecule has 1 amide bonds. The average Bonchev–Trinajstić information content (AvgIpc) is 2.92. The first kappa shape index (κ1) is 18.0. The topological polar surface area (TPSA) is 72.5 Å². The van der Waals surface area contributed by atoms with Gasteiger partial charge in [-0.1, -0.05) is 23.2 Å². The van der Waals surface area contributed by atoms with Crippen LogP contribution in [-0.4, -0.2) is 25.8 Å². The maximum Gasteiger partial charge on any atom is 0.228 e. The van der Waals surface area contributed by atoms with Crippen molar-refractivity contribution in [1.82, 2.24) is 0 Å². The predicted molar refractivity (Wildman–Crippen MR) is 98.4 cm³/mol. The molecule has 0 unspecified atom stereocenters. The molecule has 5 nitrogen and oxygen atoms in total. The minimum atomic E-state index is -3.13. The van der Waals surface area contributed by atoms with Crippen LogP contribution in [-0.2, 0) is 14.6 Å². The molecule has 0 spiro atoms. The van der Waals surface area contributed by atoms with Gasteiger partial charge in [0, 0.05) is 10.0 Å². The molecular weight excluding hydrogens is 385 g/mol. The fourth-order valence-corrected chi connectivity index (χ4v) is 4.59. The quantitative estimate of drug-likeness (QED) is 0.837. The van der Waals surface area contributed by atoms with E-state index in [1.165, 1.54) is 0 Å². The summed E-state index contributed by atoms with van der Waals surface area (Å²) < 4.78 is 28.9. The lowest BCUT2D eigenvalue weighted by molar-refractivity contribution is -0.119. The van der Waals surface area contributed by atoms with Gasteiger partial charge in [-0.05, 0) is 48.9 Å². The van der Waals surface area contributed by atoms with Gasteiger partial charge in [0.2, 0.25) is 5.91 Å². The van der Waals surface area contributed by atoms with Gasteiger partial charge in [-0.2, -0.15) is 0 Å². The first-order chi connectivity index (χ1) is 11.8. The van der Waals surface area contributed by atoms with Crippen molar-refractivity contribution in [1.29, 1.82) is 0 Å². The second-order valence-corrected chi connectivity index (χ2v) is 8.89. The first-order valence-electron chi connectivity index (χ1n) is 7.57. The smallest absolute Gasteiger partial charge is 0.228 e. The zero-order valence-corrected chi connectivity index (χ0v) is 15.4. The summed E-state index contributed by atoms with van der Waals surface area (Å²) in [4.78, 5) is 12.4. The maximum absolute atomic E-state index is 12.4. The monoisotopic (exact) mass is 399 g/mol. The van der Waals surface area contributed by atoms with Gasteiger partial charge in [-0.3, -0.25) is 4.79 Å². The molecular formula is C17H15Cl2NO4S. The summed E-state index contributed by atoms with van der Waals surface area (Å²) in [6, 6.07) is 11.6. The van der Waals surface area contributed by atoms with Crippen LogP contribution in [0, 0.1) is 5.92 Å². The third-order valence-electron chi connectivity index (χ3n) is 3.84. The summed E-state index contributed by atoms with van der Waals surface area (Å²) in [6.07, 6.45) is 0.322. The molecule has 1 heterocycles. The van der Waals surface area contributed by atoms with Crippen molar-refractivity contribution in [3.05, 3.63) is 52.5 Å². The Morgan fingerprint density at radius 3 is 2.40 bits per heavy atom. The number of carbonyl (C=O) groups is 1. The van der Waals surface area contributed by atoms with Crippen LogP contribution in [0.3, 0.4) is 0 Å². The van der Waals surface area contributed by atoms with Crippen molar-refractivity contribution in [2.45, 2.75) is 6.42 Å². The van der Waals surface area contributed by atoms with Crippen LogP contribution in [0.1, 0.15) is 6.42 Å². The van der Waals surface area contributed by atoms with Crippen molar-refractivity contribution in [2.24, 2.45) is 5.92 Å². The molecule has 0 aromatic heterocycles. The zero-order chi connectivity index (χ0) is 18.0. The molecule has 0 aliphatic carbocycles. The van der Waals surface area contributed by atoms with E-state index in [0.29, 0.717) is 33.7 Å². The van der Waals surface area contributed by atoms with E-state index in [-0.39, 0.29) is 17.4 Å². The number of hydrogen-bond acceptors (Lipinski definition) is 4. The van der Waals surface area contributed by atoms with E-state index in [1.54, 1.807) is 42.5 Å². The molecule has 1 aliphatic rings. The number of benzene rings is 2.